The molecule has 1 fully saturated rings. The fourth-order valence-corrected chi connectivity index (χ4v) is 2.22. The number of allylic oxidation sites excluding steroid dienone is 2. The van der Waals surface area contributed by atoms with Gasteiger partial charge in [0.2, 0.25) is 0 Å². The average molecular weight is 268 g/mol. The maximum atomic E-state index is 5.63. The first-order valence-corrected chi connectivity index (χ1v) is 7.88. The van der Waals surface area contributed by atoms with Crippen molar-refractivity contribution < 1.29 is 4.74 Å². The largest absolute Gasteiger partial charge is 0.366 e. The van der Waals surface area contributed by atoms with Gasteiger partial charge < -0.3 is 4.74 Å². The summed E-state index contributed by atoms with van der Waals surface area (Å²) < 4.78 is 5.63. The average Bonchev–Trinajstić information content (AvgIpc) is 2.92. The molecule has 1 rings (SSSR count). The molecule has 1 nitrogen and oxygen atoms in total. The molecule has 0 aromatic carbocycles. The summed E-state index contributed by atoms with van der Waals surface area (Å²) in [6.07, 6.45) is 2.83. The highest BCUT2D eigenvalue weighted by molar-refractivity contribution is 5.02. The van der Waals surface area contributed by atoms with Crippen molar-refractivity contribution in [3.63, 3.8) is 0 Å². The number of hydrogen-bond donors (Lipinski definition) is 0. The summed E-state index contributed by atoms with van der Waals surface area (Å²) in [6.45, 7) is 22.2. The van der Waals surface area contributed by atoms with Gasteiger partial charge in [-0.3, -0.25) is 0 Å². The van der Waals surface area contributed by atoms with Crippen molar-refractivity contribution in [2.45, 2.75) is 80.9 Å². The summed E-state index contributed by atoms with van der Waals surface area (Å²) in [7, 11) is 0. The summed E-state index contributed by atoms with van der Waals surface area (Å²) in [4.78, 5) is 0. The van der Waals surface area contributed by atoms with Gasteiger partial charge in [0.1, 0.15) is 0 Å². The number of rotatable bonds is 4. The smallest absolute Gasteiger partial charge is 0.0945 e. The topological polar surface area (TPSA) is 12.5 Å². The van der Waals surface area contributed by atoms with Crippen molar-refractivity contribution in [2.75, 3.05) is 0 Å². The van der Waals surface area contributed by atoms with E-state index in [1.807, 2.05) is 0 Å². The van der Waals surface area contributed by atoms with Gasteiger partial charge in [-0.1, -0.05) is 67.0 Å². The molecule has 0 aromatic rings. The van der Waals surface area contributed by atoms with Crippen LogP contribution in [0.3, 0.4) is 0 Å². The number of epoxide rings is 1. The Morgan fingerprint density at radius 3 is 1.58 bits per heavy atom. The van der Waals surface area contributed by atoms with E-state index in [-0.39, 0.29) is 5.60 Å². The Bertz CT molecular complexity index is 286. The summed E-state index contributed by atoms with van der Waals surface area (Å²) in [5.74, 6) is 2.74. The van der Waals surface area contributed by atoms with Crippen molar-refractivity contribution in [1.82, 2.24) is 0 Å². The molecule has 0 radical (unpaired) electrons. The first-order chi connectivity index (χ1) is 8.52. The molecule has 1 aliphatic rings. The van der Waals surface area contributed by atoms with Crippen LogP contribution in [0.2, 0.25) is 0 Å². The Kier molecular flexibility index (Phi) is 7.36. The second-order valence-electron chi connectivity index (χ2n) is 7.43. The highest BCUT2D eigenvalue weighted by Crippen LogP contribution is 2.46. The van der Waals surface area contributed by atoms with E-state index in [0.29, 0.717) is 29.8 Å². The summed E-state index contributed by atoms with van der Waals surface area (Å²) in [5.41, 5.74) is 1.69. The Balaban J connectivity index is 0.000000344. The molecule has 0 saturated carbocycles. The molecule has 2 unspecified atom stereocenters. The minimum Gasteiger partial charge on any atom is -0.366 e. The van der Waals surface area contributed by atoms with Gasteiger partial charge in [-0.05, 0) is 37.5 Å². The van der Waals surface area contributed by atoms with Crippen LogP contribution < -0.4 is 0 Å². The van der Waals surface area contributed by atoms with Gasteiger partial charge in [-0.2, -0.15) is 0 Å². The summed E-state index contributed by atoms with van der Waals surface area (Å²) >= 11 is 0. The minimum absolute atomic E-state index is 0.189. The molecule has 114 valence electrons. The quantitative estimate of drug-likeness (QED) is 0.470. The lowest BCUT2D eigenvalue weighted by molar-refractivity contribution is 0.249. The Morgan fingerprint density at radius 1 is 1.00 bits per heavy atom. The van der Waals surface area contributed by atoms with Gasteiger partial charge in [-0.25, -0.2) is 0 Å². The molecule has 0 amide bonds. The number of ether oxygens (including phenoxy) is 1. The van der Waals surface area contributed by atoms with Gasteiger partial charge in [0.15, 0.2) is 0 Å². The van der Waals surface area contributed by atoms with Gasteiger partial charge in [-0.15, -0.1) is 0 Å². The van der Waals surface area contributed by atoms with Crippen LogP contribution in [0.1, 0.15) is 69.2 Å². The minimum atomic E-state index is 0.189. The number of hydrogen-bond acceptors (Lipinski definition) is 1. The van der Waals surface area contributed by atoms with Crippen molar-refractivity contribution in [3.8, 4) is 0 Å². The van der Waals surface area contributed by atoms with Crippen LogP contribution in [0.5, 0.6) is 0 Å². The standard InChI is InChI=1S/C9H18O.C9H18/c1-6(2)8-9(5,10-8)7(3)4;1-7(2)6-9(5)8(3)4/h6-8H,1-5H3;6-8H,1-5H3/b;9-6-. The lowest BCUT2D eigenvalue weighted by Crippen LogP contribution is -2.20. The summed E-state index contributed by atoms with van der Waals surface area (Å²) in [6, 6.07) is 0. The highest BCUT2D eigenvalue weighted by Gasteiger charge is 2.55. The second kappa shape index (κ2) is 7.47. The first kappa shape index (κ1) is 18.7. The van der Waals surface area contributed by atoms with Crippen molar-refractivity contribution in [2.24, 2.45) is 23.7 Å². The van der Waals surface area contributed by atoms with Crippen molar-refractivity contribution in [3.05, 3.63) is 11.6 Å². The van der Waals surface area contributed by atoms with Gasteiger partial charge in [0.25, 0.3) is 0 Å². The fourth-order valence-electron chi connectivity index (χ4n) is 2.22. The van der Waals surface area contributed by atoms with Crippen LogP contribution in [-0.2, 0) is 4.74 Å². The van der Waals surface area contributed by atoms with Crippen LogP contribution in [-0.4, -0.2) is 11.7 Å². The molecule has 0 aromatic heterocycles. The third-order valence-electron chi connectivity index (χ3n) is 4.15. The Labute approximate surface area is 121 Å². The lowest BCUT2D eigenvalue weighted by atomic mass is 9.89. The molecule has 0 bridgehead atoms. The van der Waals surface area contributed by atoms with E-state index in [9.17, 15) is 0 Å². The maximum Gasteiger partial charge on any atom is 0.0945 e. The Hall–Kier alpha value is -0.300. The molecule has 0 N–H and O–H groups in total. The molecule has 1 heterocycles. The van der Waals surface area contributed by atoms with Crippen molar-refractivity contribution in [1.29, 1.82) is 0 Å². The van der Waals surface area contributed by atoms with Crippen molar-refractivity contribution >= 4 is 0 Å². The monoisotopic (exact) mass is 268 g/mol. The lowest BCUT2D eigenvalue weighted by Gasteiger charge is -2.11. The molecule has 1 heteroatoms. The van der Waals surface area contributed by atoms with E-state index in [1.165, 1.54) is 5.57 Å². The van der Waals surface area contributed by atoms with Gasteiger partial charge >= 0.3 is 0 Å². The Morgan fingerprint density at radius 2 is 1.47 bits per heavy atom. The van der Waals surface area contributed by atoms with Gasteiger partial charge in [0, 0.05) is 0 Å². The molecule has 1 aliphatic heterocycles. The second-order valence-corrected chi connectivity index (χ2v) is 7.43. The van der Waals surface area contributed by atoms with E-state index in [2.05, 4.69) is 75.3 Å². The zero-order valence-electron chi connectivity index (χ0n) is 14.9. The SMILES string of the molecule is C/C(=C/C(C)C)C(C)C.CC(C)C1OC1(C)C(C)C. The third kappa shape index (κ3) is 6.12. The fraction of sp³-hybridized carbons (Fsp3) is 0.889. The first-order valence-electron chi connectivity index (χ1n) is 7.88. The predicted octanol–water partition coefficient (Wildman–Crippen LogP) is 5.70. The highest BCUT2D eigenvalue weighted by atomic mass is 16.6. The molecule has 2 atom stereocenters. The van der Waals surface area contributed by atoms with E-state index in [4.69, 9.17) is 4.74 Å². The molecule has 0 aliphatic carbocycles. The molecule has 19 heavy (non-hydrogen) atoms. The predicted molar refractivity (Wildman–Crippen MR) is 86.4 cm³/mol. The van der Waals surface area contributed by atoms with E-state index in [0.717, 1.165) is 0 Å². The van der Waals surface area contributed by atoms with Gasteiger partial charge in [0.05, 0.1) is 11.7 Å². The zero-order valence-corrected chi connectivity index (χ0v) is 14.9. The van der Waals surface area contributed by atoms with Crippen LogP contribution in [0.15, 0.2) is 11.6 Å². The van der Waals surface area contributed by atoms with E-state index >= 15 is 0 Å². The molecular formula is C18H36O. The molecule has 1 saturated heterocycles. The van der Waals surface area contributed by atoms with E-state index < -0.39 is 0 Å². The van der Waals surface area contributed by atoms with Crippen LogP contribution >= 0.6 is 0 Å². The molecule has 0 spiro atoms. The molecular weight excluding hydrogens is 232 g/mol. The zero-order chi connectivity index (χ0) is 15.4. The summed E-state index contributed by atoms with van der Waals surface area (Å²) in [5, 5.41) is 0. The normalized spacial score (nSPS) is 27.1. The van der Waals surface area contributed by atoms with E-state index in [1.54, 1.807) is 0 Å². The maximum absolute atomic E-state index is 5.63. The van der Waals surface area contributed by atoms with Crippen LogP contribution in [0.25, 0.3) is 0 Å². The van der Waals surface area contributed by atoms with Crippen LogP contribution in [0, 0.1) is 23.7 Å². The third-order valence-corrected chi connectivity index (χ3v) is 4.15. The van der Waals surface area contributed by atoms with Crippen LogP contribution in [0.4, 0.5) is 0 Å².